The van der Waals surface area contributed by atoms with Crippen LogP contribution in [0.2, 0.25) is 5.02 Å². The van der Waals surface area contributed by atoms with Crippen LogP contribution >= 0.6 is 23.4 Å². The van der Waals surface area contributed by atoms with Gasteiger partial charge in [0.1, 0.15) is 0 Å². The van der Waals surface area contributed by atoms with Crippen molar-refractivity contribution in [3.8, 4) is 17.1 Å². The summed E-state index contributed by atoms with van der Waals surface area (Å²) in [5, 5.41) is 9.84. The minimum absolute atomic E-state index is 0.109. The van der Waals surface area contributed by atoms with E-state index >= 15 is 0 Å². The SMILES string of the molecule is COCCCn1c(SCC(=O)N(C)Cc2ccc(OC)c(F)c2)nnc1-c1ccccc1Cl. The minimum Gasteiger partial charge on any atom is -0.494 e. The van der Waals surface area contributed by atoms with Gasteiger partial charge < -0.3 is 18.9 Å². The lowest BCUT2D eigenvalue weighted by Gasteiger charge is -2.17. The number of halogens is 2. The van der Waals surface area contributed by atoms with Gasteiger partial charge in [0.25, 0.3) is 0 Å². The lowest BCUT2D eigenvalue weighted by molar-refractivity contribution is -0.127. The van der Waals surface area contributed by atoms with Gasteiger partial charge in [-0.3, -0.25) is 4.79 Å². The molecule has 7 nitrogen and oxygen atoms in total. The smallest absolute Gasteiger partial charge is 0.233 e. The molecule has 10 heteroatoms. The number of hydrogen-bond donors (Lipinski definition) is 0. The van der Waals surface area contributed by atoms with Crippen LogP contribution < -0.4 is 4.74 Å². The van der Waals surface area contributed by atoms with Crippen molar-refractivity contribution in [2.24, 2.45) is 0 Å². The first kappa shape index (κ1) is 25.0. The highest BCUT2D eigenvalue weighted by atomic mass is 35.5. The number of nitrogens with zero attached hydrogens (tertiary/aromatic N) is 4. The van der Waals surface area contributed by atoms with Crippen LogP contribution in [0.15, 0.2) is 47.6 Å². The third-order valence-electron chi connectivity index (χ3n) is 4.95. The fraction of sp³-hybridized carbons (Fsp3) is 0.348. The van der Waals surface area contributed by atoms with Crippen LogP contribution in [0.4, 0.5) is 4.39 Å². The van der Waals surface area contributed by atoms with Crippen molar-refractivity contribution in [3.63, 3.8) is 0 Å². The Balaban J connectivity index is 1.70. The van der Waals surface area contributed by atoms with E-state index in [0.717, 1.165) is 12.0 Å². The fourth-order valence-corrected chi connectivity index (χ4v) is 4.34. The standard InChI is InChI=1S/C23H26ClFN4O3S/c1-28(14-16-9-10-20(32-3)19(25)13-16)21(30)15-33-23-27-26-22(29(23)11-6-12-31-2)17-7-4-5-8-18(17)24/h4-5,7-10,13H,6,11-12,14-15H2,1-3H3. The molecule has 0 aliphatic carbocycles. The van der Waals surface area contributed by atoms with Gasteiger partial charge in [-0.15, -0.1) is 10.2 Å². The number of carbonyl (C=O) groups excluding carboxylic acids is 1. The molecule has 0 fully saturated rings. The zero-order valence-corrected chi connectivity index (χ0v) is 20.3. The molecule has 0 saturated heterocycles. The van der Waals surface area contributed by atoms with E-state index < -0.39 is 5.82 Å². The van der Waals surface area contributed by atoms with E-state index in [-0.39, 0.29) is 24.0 Å². The third kappa shape index (κ3) is 6.46. The predicted octanol–water partition coefficient (Wildman–Crippen LogP) is 4.53. The maximum Gasteiger partial charge on any atom is 0.233 e. The molecule has 0 saturated carbocycles. The Labute approximate surface area is 201 Å². The fourth-order valence-electron chi connectivity index (χ4n) is 3.21. The van der Waals surface area contributed by atoms with E-state index in [9.17, 15) is 9.18 Å². The van der Waals surface area contributed by atoms with Crippen LogP contribution in [-0.2, 0) is 22.6 Å². The van der Waals surface area contributed by atoms with Crippen molar-refractivity contribution in [3.05, 3.63) is 58.9 Å². The molecule has 1 amide bonds. The summed E-state index contributed by atoms with van der Waals surface area (Å²) < 4.78 is 26.0. The Kier molecular flexibility index (Phi) is 9.11. The molecule has 3 aromatic rings. The van der Waals surface area contributed by atoms with Crippen LogP contribution in [0.5, 0.6) is 5.75 Å². The average molecular weight is 493 g/mol. The highest BCUT2D eigenvalue weighted by Gasteiger charge is 2.19. The topological polar surface area (TPSA) is 69.5 Å². The minimum atomic E-state index is -0.457. The van der Waals surface area contributed by atoms with Crippen molar-refractivity contribution in [2.75, 3.05) is 33.6 Å². The van der Waals surface area contributed by atoms with Gasteiger partial charge in [-0.1, -0.05) is 41.6 Å². The van der Waals surface area contributed by atoms with Crippen LogP contribution in [0.1, 0.15) is 12.0 Å². The molecule has 0 aliphatic heterocycles. The second-order valence-electron chi connectivity index (χ2n) is 7.29. The van der Waals surface area contributed by atoms with Crippen molar-refractivity contribution < 1.29 is 18.7 Å². The Morgan fingerprint density at radius 2 is 2.00 bits per heavy atom. The molecule has 176 valence electrons. The van der Waals surface area contributed by atoms with E-state index in [1.165, 1.54) is 24.9 Å². The van der Waals surface area contributed by atoms with Crippen LogP contribution in [0.3, 0.4) is 0 Å². The number of aromatic nitrogens is 3. The van der Waals surface area contributed by atoms with Gasteiger partial charge >= 0.3 is 0 Å². The van der Waals surface area contributed by atoms with Crippen molar-refractivity contribution in [2.45, 2.75) is 24.7 Å². The summed E-state index contributed by atoms with van der Waals surface area (Å²) in [6, 6.07) is 12.1. The summed E-state index contributed by atoms with van der Waals surface area (Å²) in [6.07, 6.45) is 0.760. The molecule has 1 aromatic heterocycles. The highest BCUT2D eigenvalue weighted by Crippen LogP contribution is 2.29. The largest absolute Gasteiger partial charge is 0.494 e. The van der Waals surface area contributed by atoms with Gasteiger partial charge in [0.2, 0.25) is 5.91 Å². The zero-order chi connectivity index (χ0) is 23.8. The zero-order valence-electron chi connectivity index (χ0n) is 18.8. The first-order valence-electron chi connectivity index (χ1n) is 10.3. The molecule has 0 bridgehead atoms. The third-order valence-corrected chi connectivity index (χ3v) is 6.23. The Morgan fingerprint density at radius 3 is 2.70 bits per heavy atom. The lowest BCUT2D eigenvalue weighted by atomic mass is 10.2. The van der Waals surface area contributed by atoms with Gasteiger partial charge in [0, 0.05) is 39.4 Å². The number of ether oxygens (including phenoxy) is 2. The molecule has 3 rings (SSSR count). The van der Waals surface area contributed by atoms with Crippen molar-refractivity contribution in [1.82, 2.24) is 19.7 Å². The van der Waals surface area contributed by atoms with Gasteiger partial charge in [0.15, 0.2) is 22.5 Å². The molecule has 1 heterocycles. The second-order valence-corrected chi connectivity index (χ2v) is 8.64. The van der Waals surface area contributed by atoms with E-state index in [0.29, 0.717) is 34.7 Å². The molecule has 0 atom stereocenters. The normalized spacial score (nSPS) is 10.9. The monoisotopic (exact) mass is 492 g/mol. The molecule has 0 aliphatic rings. The van der Waals surface area contributed by atoms with E-state index in [1.54, 1.807) is 37.3 Å². The van der Waals surface area contributed by atoms with E-state index in [2.05, 4.69) is 10.2 Å². The number of methoxy groups -OCH3 is 2. The Hall–Kier alpha value is -2.62. The number of carbonyl (C=O) groups is 1. The Bertz CT molecular complexity index is 1100. The van der Waals surface area contributed by atoms with E-state index in [1.807, 2.05) is 22.8 Å². The first-order chi connectivity index (χ1) is 15.9. The van der Waals surface area contributed by atoms with Crippen LogP contribution in [0, 0.1) is 5.82 Å². The number of hydrogen-bond acceptors (Lipinski definition) is 6. The van der Waals surface area contributed by atoms with Gasteiger partial charge in [-0.2, -0.15) is 0 Å². The number of benzene rings is 2. The summed E-state index contributed by atoms with van der Waals surface area (Å²) >= 11 is 7.67. The molecular weight excluding hydrogens is 467 g/mol. The molecule has 0 spiro atoms. The maximum absolute atomic E-state index is 13.9. The summed E-state index contributed by atoms with van der Waals surface area (Å²) in [7, 11) is 4.75. The lowest BCUT2D eigenvalue weighted by Crippen LogP contribution is -2.28. The quantitative estimate of drug-likeness (QED) is 0.289. The molecule has 0 N–H and O–H groups in total. The molecule has 0 radical (unpaired) electrons. The summed E-state index contributed by atoms with van der Waals surface area (Å²) in [5.41, 5.74) is 1.46. The van der Waals surface area contributed by atoms with Crippen molar-refractivity contribution >= 4 is 29.3 Å². The van der Waals surface area contributed by atoms with Crippen LogP contribution in [0.25, 0.3) is 11.4 Å². The summed E-state index contributed by atoms with van der Waals surface area (Å²) in [6.45, 7) is 1.49. The average Bonchev–Trinajstić information content (AvgIpc) is 3.20. The number of rotatable bonds is 11. The maximum atomic E-state index is 13.9. The molecule has 0 unspecified atom stereocenters. The number of thioether (sulfide) groups is 1. The highest BCUT2D eigenvalue weighted by molar-refractivity contribution is 7.99. The Morgan fingerprint density at radius 1 is 1.21 bits per heavy atom. The molecule has 2 aromatic carbocycles. The number of amides is 1. The molecule has 33 heavy (non-hydrogen) atoms. The molecular formula is C23H26ClFN4O3S. The van der Waals surface area contributed by atoms with Gasteiger partial charge in [-0.25, -0.2) is 4.39 Å². The van der Waals surface area contributed by atoms with Crippen molar-refractivity contribution in [1.29, 1.82) is 0 Å². The first-order valence-corrected chi connectivity index (χ1v) is 11.7. The predicted molar refractivity (Wildman–Crippen MR) is 127 cm³/mol. The van der Waals surface area contributed by atoms with E-state index in [4.69, 9.17) is 21.1 Å². The summed E-state index contributed by atoms with van der Waals surface area (Å²) in [4.78, 5) is 14.3. The van der Waals surface area contributed by atoms with Crippen LogP contribution in [-0.4, -0.2) is 59.2 Å². The summed E-state index contributed by atoms with van der Waals surface area (Å²) in [5.74, 6) is 0.419. The van der Waals surface area contributed by atoms with Gasteiger partial charge in [0.05, 0.1) is 17.9 Å². The second kappa shape index (κ2) is 12.0. The van der Waals surface area contributed by atoms with Gasteiger partial charge in [-0.05, 0) is 36.2 Å².